The highest BCUT2D eigenvalue weighted by Crippen LogP contribution is 2.28. The predicted molar refractivity (Wildman–Crippen MR) is 89.4 cm³/mol. The highest BCUT2D eigenvalue weighted by molar-refractivity contribution is 9.10. The first-order valence-electron chi connectivity index (χ1n) is 7.43. The van der Waals surface area contributed by atoms with Crippen LogP contribution < -0.4 is 5.32 Å². The second-order valence-electron chi connectivity index (χ2n) is 5.46. The molecule has 0 bridgehead atoms. The van der Waals surface area contributed by atoms with Crippen LogP contribution in [0.1, 0.15) is 35.8 Å². The molecule has 0 saturated carbocycles. The van der Waals surface area contributed by atoms with Crippen LogP contribution in [0.5, 0.6) is 0 Å². The maximum absolute atomic E-state index is 5.95. The fourth-order valence-electron chi connectivity index (χ4n) is 2.87. The first kappa shape index (κ1) is 14.8. The zero-order valence-electron chi connectivity index (χ0n) is 12.2. The molecule has 2 atom stereocenters. The number of ether oxygens (including phenoxy) is 1. The largest absolute Gasteiger partial charge is 0.372 e. The lowest BCUT2D eigenvalue weighted by molar-refractivity contribution is 0.0409. The minimum atomic E-state index is 0.153. The Labute approximate surface area is 134 Å². The Morgan fingerprint density at radius 2 is 1.95 bits per heavy atom. The molecule has 0 aromatic heterocycles. The fraction of sp³-hybridized carbons (Fsp3) is 0.333. The van der Waals surface area contributed by atoms with E-state index in [1.54, 1.807) is 0 Å². The molecule has 3 rings (SSSR count). The highest BCUT2D eigenvalue weighted by atomic mass is 79.9. The molecule has 0 spiro atoms. The Morgan fingerprint density at radius 3 is 2.81 bits per heavy atom. The summed E-state index contributed by atoms with van der Waals surface area (Å²) < 4.78 is 7.09. The van der Waals surface area contributed by atoms with Gasteiger partial charge in [-0.2, -0.15) is 0 Å². The summed E-state index contributed by atoms with van der Waals surface area (Å²) in [6, 6.07) is 17.2. The van der Waals surface area contributed by atoms with Gasteiger partial charge in [-0.05, 0) is 36.1 Å². The Hall–Kier alpha value is -1.16. The van der Waals surface area contributed by atoms with Crippen LogP contribution in [-0.4, -0.2) is 13.2 Å². The van der Waals surface area contributed by atoms with Crippen LogP contribution in [0.25, 0.3) is 0 Å². The third-order valence-electron chi connectivity index (χ3n) is 4.07. The molecule has 2 aromatic rings. The number of rotatable bonds is 4. The van der Waals surface area contributed by atoms with E-state index >= 15 is 0 Å². The first-order valence-corrected chi connectivity index (χ1v) is 8.22. The number of halogens is 1. The lowest BCUT2D eigenvalue weighted by atomic mass is 9.97. The average Bonchev–Trinajstić information content (AvgIpc) is 2.53. The minimum absolute atomic E-state index is 0.153. The van der Waals surface area contributed by atoms with Gasteiger partial charge in [0.25, 0.3) is 0 Å². The van der Waals surface area contributed by atoms with Crippen LogP contribution in [0.4, 0.5) is 0 Å². The number of nitrogens with one attached hydrogen (secondary N) is 1. The molecule has 2 nitrogen and oxygen atoms in total. The summed E-state index contributed by atoms with van der Waals surface area (Å²) in [4.78, 5) is 0. The summed E-state index contributed by atoms with van der Waals surface area (Å²) in [6.45, 7) is 3.83. The molecule has 0 aliphatic carbocycles. The third-order valence-corrected chi connectivity index (χ3v) is 4.80. The van der Waals surface area contributed by atoms with Crippen molar-refractivity contribution in [1.82, 2.24) is 5.32 Å². The molecule has 2 aromatic carbocycles. The van der Waals surface area contributed by atoms with Gasteiger partial charge >= 0.3 is 0 Å². The predicted octanol–water partition coefficient (Wildman–Crippen LogP) is 4.41. The smallest absolute Gasteiger partial charge is 0.0952 e. The van der Waals surface area contributed by atoms with E-state index in [1.807, 2.05) is 6.07 Å². The third kappa shape index (κ3) is 3.37. The van der Waals surface area contributed by atoms with Crippen molar-refractivity contribution in [3.63, 3.8) is 0 Å². The molecule has 1 aliphatic rings. The van der Waals surface area contributed by atoms with Crippen LogP contribution in [-0.2, 0) is 11.2 Å². The summed E-state index contributed by atoms with van der Waals surface area (Å²) in [5.74, 6) is 0. The van der Waals surface area contributed by atoms with Crippen molar-refractivity contribution in [2.45, 2.75) is 25.5 Å². The molecule has 0 radical (unpaired) electrons. The van der Waals surface area contributed by atoms with E-state index in [4.69, 9.17) is 4.74 Å². The Bertz CT molecular complexity index is 614. The minimum Gasteiger partial charge on any atom is -0.372 e. The second-order valence-corrected chi connectivity index (χ2v) is 6.31. The molecule has 21 heavy (non-hydrogen) atoms. The molecule has 1 N–H and O–H groups in total. The highest BCUT2D eigenvalue weighted by Gasteiger charge is 2.21. The van der Waals surface area contributed by atoms with Crippen LogP contribution in [0.15, 0.2) is 53.0 Å². The van der Waals surface area contributed by atoms with Crippen molar-refractivity contribution < 1.29 is 4.74 Å². The van der Waals surface area contributed by atoms with Gasteiger partial charge < -0.3 is 10.1 Å². The van der Waals surface area contributed by atoms with Gasteiger partial charge in [0.1, 0.15) is 0 Å². The average molecular weight is 346 g/mol. The summed E-state index contributed by atoms with van der Waals surface area (Å²) in [6.07, 6.45) is 1.17. The molecule has 0 saturated heterocycles. The number of benzene rings is 2. The van der Waals surface area contributed by atoms with Gasteiger partial charge in [-0.1, -0.05) is 58.4 Å². The molecular weight excluding hydrogens is 326 g/mol. The van der Waals surface area contributed by atoms with Gasteiger partial charge in [0.2, 0.25) is 0 Å². The van der Waals surface area contributed by atoms with Crippen molar-refractivity contribution in [2.75, 3.05) is 13.2 Å². The van der Waals surface area contributed by atoms with Gasteiger partial charge in [-0.15, -0.1) is 0 Å². The summed E-state index contributed by atoms with van der Waals surface area (Å²) in [5, 5.41) is 3.60. The van der Waals surface area contributed by atoms with Crippen molar-refractivity contribution in [2.24, 2.45) is 0 Å². The normalized spacial score (nSPS) is 19.0. The van der Waals surface area contributed by atoms with Crippen molar-refractivity contribution in [3.8, 4) is 0 Å². The molecule has 1 heterocycles. The van der Waals surface area contributed by atoms with Crippen LogP contribution in [0.3, 0.4) is 0 Å². The van der Waals surface area contributed by atoms with Gasteiger partial charge in [-0.25, -0.2) is 0 Å². The van der Waals surface area contributed by atoms with Gasteiger partial charge in [0, 0.05) is 17.1 Å². The Kier molecular flexibility index (Phi) is 4.73. The standard InChI is InChI=1S/C18H20BrNO/c1-13(15-7-4-5-9-17(15)19)20-12-18-16-8-3-2-6-14(16)10-11-21-18/h2-9,13,18,20H,10-12H2,1H3/t13-,18?/m1/s1. The lowest BCUT2D eigenvalue weighted by Crippen LogP contribution is -2.29. The Balaban J connectivity index is 1.67. The molecule has 0 amide bonds. The maximum Gasteiger partial charge on any atom is 0.0952 e. The van der Waals surface area contributed by atoms with E-state index in [-0.39, 0.29) is 6.10 Å². The van der Waals surface area contributed by atoms with E-state index in [9.17, 15) is 0 Å². The monoisotopic (exact) mass is 345 g/mol. The molecule has 3 heteroatoms. The topological polar surface area (TPSA) is 21.3 Å². The van der Waals surface area contributed by atoms with E-state index in [1.165, 1.54) is 16.7 Å². The molecule has 110 valence electrons. The quantitative estimate of drug-likeness (QED) is 0.885. The number of fused-ring (bicyclic) bond motifs is 1. The number of hydrogen-bond acceptors (Lipinski definition) is 2. The molecule has 1 unspecified atom stereocenters. The molecular formula is C18H20BrNO. The van der Waals surface area contributed by atoms with Crippen LogP contribution >= 0.6 is 15.9 Å². The molecule has 1 aliphatic heterocycles. The number of hydrogen-bond donors (Lipinski definition) is 1. The van der Waals surface area contributed by atoms with Crippen LogP contribution in [0, 0.1) is 0 Å². The zero-order chi connectivity index (χ0) is 14.7. The van der Waals surface area contributed by atoms with Crippen molar-refractivity contribution in [1.29, 1.82) is 0 Å². The second kappa shape index (κ2) is 6.73. The van der Waals surface area contributed by atoms with E-state index < -0.39 is 0 Å². The van der Waals surface area contributed by atoms with Crippen molar-refractivity contribution in [3.05, 3.63) is 69.7 Å². The van der Waals surface area contributed by atoms with Crippen LogP contribution in [0.2, 0.25) is 0 Å². The van der Waals surface area contributed by atoms with Crippen molar-refractivity contribution >= 4 is 15.9 Å². The van der Waals surface area contributed by atoms with E-state index in [0.29, 0.717) is 6.04 Å². The Morgan fingerprint density at radius 1 is 1.19 bits per heavy atom. The SMILES string of the molecule is C[C@@H](NCC1OCCc2ccccc21)c1ccccc1Br. The van der Waals surface area contributed by atoms with E-state index in [0.717, 1.165) is 24.0 Å². The first-order chi connectivity index (χ1) is 10.3. The van der Waals surface area contributed by atoms with Gasteiger partial charge in [-0.3, -0.25) is 0 Å². The maximum atomic E-state index is 5.95. The summed E-state index contributed by atoms with van der Waals surface area (Å²) >= 11 is 3.62. The van der Waals surface area contributed by atoms with E-state index in [2.05, 4.69) is 70.6 Å². The van der Waals surface area contributed by atoms with Gasteiger partial charge in [0.05, 0.1) is 12.7 Å². The zero-order valence-corrected chi connectivity index (χ0v) is 13.8. The summed E-state index contributed by atoms with van der Waals surface area (Å²) in [5.41, 5.74) is 4.03. The fourth-order valence-corrected chi connectivity index (χ4v) is 3.49. The van der Waals surface area contributed by atoms with Gasteiger partial charge in [0.15, 0.2) is 0 Å². The lowest BCUT2D eigenvalue weighted by Gasteiger charge is -2.28. The summed E-state index contributed by atoms with van der Waals surface area (Å²) in [7, 11) is 0. The molecule has 0 fully saturated rings.